The summed E-state index contributed by atoms with van der Waals surface area (Å²) in [4.78, 5) is 25.4. The molecule has 1 heterocycles. The van der Waals surface area contributed by atoms with Gasteiger partial charge in [0.2, 0.25) is 0 Å². The minimum Gasteiger partial charge on any atom is -0.497 e. The minimum absolute atomic E-state index is 0.203. The second kappa shape index (κ2) is 10.9. The van der Waals surface area contributed by atoms with E-state index in [2.05, 4.69) is 21.0 Å². The molecule has 0 radical (unpaired) electrons. The van der Waals surface area contributed by atoms with E-state index in [1.54, 1.807) is 23.9 Å². The van der Waals surface area contributed by atoms with E-state index in [-0.39, 0.29) is 18.0 Å². The number of anilines is 3. The first kappa shape index (κ1) is 24.1. The van der Waals surface area contributed by atoms with Gasteiger partial charge in [-0.15, -0.1) is 0 Å². The monoisotopic (exact) mass is 476 g/mol. The van der Waals surface area contributed by atoms with Crippen molar-refractivity contribution in [2.75, 3.05) is 23.5 Å². The zero-order chi connectivity index (χ0) is 24.8. The second-order valence-electron chi connectivity index (χ2n) is 8.87. The van der Waals surface area contributed by atoms with Gasteiger partial charge >= 0.3 is 6.03 Å². The predicted octanol–water partition coefficient (Wildman–Crippen LogP) is 4.54. The number of aryl methyl sites for hydroxylation is 1. The number of methoxy groups -OCH3 is 1. The third-order valence-corrected chi connectivity index (χ3v) is 6.30. The highest BCUT2D eigenvalue weighted by molar-refractivity contribution is 6.07. The molecule has 2 aromatic carbocycles. The molecule has 1 aromatic heterocycles. The lowest BCUT2D eigenvalue weighted by Crippen LogP contribution is -2.39. The largest absolute Gasteiger partial charge is 0.497 e. The molecule has 0 atom stereocenters. The van der Waals surface area contributed by atoms with Crippen molar-refractivity contribution in [1.82, 2.24) is 15.1 Å². The summed E-state index contributed by atoms with van der Waals surface area (Å²) in [6.07, 6.45) is 7.04. The standard InChI is InChI=1S/C26H32N6O3/c1-17-8-11-20(30-26(34)29-19-6-4-3-5-7-19)14-22(17)25(33)31-23-15-28-32(24(23)27)16-18-9-12-21(35-2)13-10-18/h8-15,19H,3-7,16,27H2,1-2H3,(H,31,33)(H2,29,30,34). The van der Waals surface area contributed by atoms with E-state index in [1.165, 1.54) is 12.6 Å². The predicted molar refractivity (Wildman–Crippen MR) is 137 cm³/mol. The molecule has 0 unspecified atom stereocenters. The Labute approximate surface area is 205 Å². The summed E-state index contributed by atoms with van der Waals surface area (Å²) in [6, 6.07) is 12.8. The molecule has 0 spiro atoms. The molecule has 1 aliphatic rings. The number of amides is 3. The van der Waals surface area contributed by atoms with E-state index in [1.807, 2.05) is 37.3 Å². The van der Waals surface area contributed by atoms with Crippen LogP contribution in [0.2, 0.25) is 0 Å². The van der Waals surface area contributed by atoms with Crippen molar-refractivity contribution in [3.63, 3.8) is 0 Å². The smallest absolute Gasteiger partial charge is 0.319 e. The van der Waals surface area contributed by atoms with Crippen LogP contribution >= 0.6 is 0 Å². The lowest BCUT2D eigenvalue weighted by atomic mass is 9.96. The number of rotatable bonds is 7. The number of carbonyl (C=O) groups excluding carboxylic acids is 2. The van der Waals surface area contributed by atoms with Gasteiger partial charge in [-0.25, -0.2) is 9.48 Å². The van der Waals surface area contributed by atoms with Gasteiger partial charge in [-0.05, 0) is 55.2 Å². The molecule has 184 valence electrons. The molecule has 3 aromatic rings. The molecule has 4 rings (SSSR count). The fourth-order valence-corrected chi connectivity index (χ4v) is 4.25. The molecule has 0 saturated heterocycles. The molecule has 9 nitrogen and oxygen atoms in total. The Kier molecular flexibility index (Phi) is 7.54. The van der Waals surface area contributed by atoms with Gasteiger partial charge in [0, 0.05) is 17.3 Å². The molecular formula is C26H32N6O3. The van der Waals surface area contributed by atoms with Crippen molar-refractivity contribution in [1.29, 1.82) is 0 Å². The topological polar surface area (TPSA) is 123 Å². The number of hydrogen-bond acceptors (Lipinski definition) is 5. The highest BCUT2D eigenvalue weighted by atomic mass is 16.5. The second-order valence-corrected chi connectivity index (χ2v) is 8.87. The van der Waals surface area contributed by atoms with Gasteiger partial charge in [0.25, 0.3) is 5.91 Å². The average molecular weight is 477 g/mol. The molecule has 9 heteroatoms. The summed E-state index contributed by atoms with van der Waals surface area (Å²) in [6.45, 7) is 2.30. The third-order valence-electron chi connectivity index (χ3n) is 6.30. The quantitative estimate of drug-likeness (QED) is 0.399. The van der Waals surface area contributed by atoms with Crippen LogP contribution in [0.15, 0.2) is 48.7 Å². The number of nitrogen functional groups attached to an aromatic ring is 1. The van der Waals surface area contributed by atoms with Crippen LogP contribution in [0.3, 0.4) is 0 Å². The molecule has 3 amide bonds. The van der Waals surface area contributed by atoms with Gasteiger partial charge in [0.15, 0.2) is 0 Å². The van der Waals surface area contributed by atoms with E-state index >= 15 is 0 Å². The van der Waals surface area contributed by atoms with Crippen LogP contribution in [-0.2, 0) is 6.54 Å². The van der Waals surface area contributed by atoms with Crippen LogP contribution in [0, 0.1) is 6.92 Å². The maximum absolute atomic E-state index is 13.0. The van der Waals surface area contributed by atoms with Gasteiger partial charge < -0.3 is 26.4 Å². The fraction of sp³-hybridized carbons (Fsp3) is 0.346. The first-order valence-electron chi connectivity index (χ1n) is 11.9. The highest BCUT2D eigenvalue weighted by Gasteiger charge is 2.18. The van der Waals surface area contributed by atoms with Crippen molar-refractivity contribution in [3.8, 4) is 5.75 Å². The van der Waals surface area contributed by atoms with Crippen molar-refractivity contribution < 1.29 is 14.3 Å². The number of aromatic nitrogens is 2. The Balaban J connectivity index is 1.40. The van der Waals surface area contributed by atoms with Crippen molar-refractivity contribution in [3.05, 3.63) is 65.4 Å². The van der Waals surface area contributed by atoms with Crippen LogP contribution in [0.5, 0.6) is 5.75 Å². The first-order chi connectivity index (χ1) is 16.9. The van der Waals surface area contributed by atoms with Crippen molar-refractivity contribution >= 4 is 29.1 Å². The van der Waals surface area contributed by atoms with E-state index in [9.17, 15) is 9.59 Å². The zero-order valence-corrected chi connectivity index (χ0v) is 20.1. The van der Waals surface area contributed by atoms with E-state index < -0.39 is 0 Å². The summed E-state index contributed by atoms with van der Waals surface area (Å²) in [5.74, 6) is 0.802. The Morgan fingerprint density at radius 3 is 2.54 bits per heavy atom. The van der Waals surface area contributed by atoms with Crippen LogP contribution < -0.4 is 26.4 Å². The normalized spacial score (nSPS) is 13.8. The zero-order valence-electron chi connectivity index (χ0n) is 20.1. The summed E-state index contributed by atoms with van der Waals surface area (Å²) < 4.78 is 6.81. The third kappa shape index (κ3) is 6.11. The van der Waals surface area contributed by atoms with Crippen molar-refractivity contribution in [2.45, 2.75) is 51.6 Å². The molecule has 0 bridgehead atoms. The lowest BCUT2D eigenvalue weighted by molar-refractivity contribution is 0.102. The van der Waals surface area contributed by atoms with E-state index in [0.717, 1.165) is 42.6 Å². The molecule has 5 N–H and O–H groups in total. The summed E-state index contributed by atoms with van der Waals surface area (Å²) in [7, 11) is 1.62. The molecule has 1 aliphatic carbocycles. The number of ether oxygens (including phenoxy) is 1. The van der Waals surface area contributed by atoms with Gasteiger partial charge in [-0.2, -0.15) is 5.10 Å². The number of carbonyl (C=O) groups is 2. The highest BCUT2D eigenvalue weighted by Crippen LogP contribution is 2.23. The molecule has 1 fully saturated rings. The Morgan fingerprint density at radius 2 is 1.83 bits per heavy atom. The molecule has 0 aliphatic heterocycles. The maximum Gasteiger partial charge on any atom is 0.319 e. The first-order valence-corrected chi connectivity index (χ1v) is 11.9. The number of urea groups is 1. The Hall–Kier alpha value is -4.01. The van der Waals surface area contributed by atoms with Crippen LogP contribution in [0.25, 0.3) is 0 Å². The Bertz CT molecular complexity index is 1180. The fourth-order valence-electron chi connectivity index (χ4n) is 4.25. The maximum atomic E-state index is 13.0. The number of nitrogens with two attached hydrogens (primary N) is 1. The summed E-state index contributed by atoms with van der Waals surface area (Å²) in [5.41, 5.74) is 9.46. The SMILES string of the molecule is COc1ccc(Cn2ncc(NC(=O)c3cc(NC(=O)NC4CCCCC4)ccc3C)c2N)cc1. The average Bonchev–Trinajstić information content (AvgIpc) is 3.20. The number of benzene rings is 2. The lowest BCUT2D eigenvalue weighted by Gasteiger charge is -2.23. The van der Waals surface area contributed by atoms with Crippen LogP contribution in [-0.4, -0.2) is 34.9 Å². The van der Waals surface area contributed by atoms with Gasteiger partial charge in [-0.1, -0.05) is 37.5 Å². The number of nitrogens with one attached hydrogen (secondary N) is 3. The van der Waals surface area contributed by atoms with Gasteiger partial charge in [0.1, 0.15) is 17.3 Å². The molecule has 35 heavy (non-hydrogen) atoms. The summed E-state index contributed by atoms with van der Waals surface area (Å²) in [5, 5.41) is 13.0. The van der Waals surface area contributed by atoms with Gasteiger partial charge in [0.05, 0.1) is 19.9 Å². The van der Waals surface area contributed by atoms with Gasteiger partial charge in [-0.3, -0.25) is 4.79 Å². The minimum atomic E-state index is -0.325. The Morgan fingerprint density at radius 1 is 1.09 bits per heavy atom. The molecule has 1 saturated carbocycles. The number of nitrogens with zero attached hydrogens (tertiary/aromatic N) is 2. The summed E-state index contributed by atoms with van der Waals surface area (Å²) >= 11 is 0. The number of hydrogen-bond donors (Lipinski definition) is 4. The van der Waals surface area contributed by atoms with Crippen LogP contribution in [0.1, 0.15) is 53.6 Å². The van der Waals surface area contributed by atoms with Crippen molar-refractivity contribution in [2.24, 2.45) is 0 Å². The van der Waals surface area contributed by atoms with E-state index in [4.69, 9.17) is 10.5 Å². The van der Waals surface area contributed by atoms with Crippen LogP contribution in [0.4, 0.5) is 22.0 Å². The van der Waals surface area contributed by atoms with E-state index in [0.29, 0.717) is 29.3 Å². The molecular weight excluding hydrogens is 444 g/mol.